The lowest BCUT2D eigenvalue weighted by Gasteiger charge is -2.16. The molecule has 17 heavy (non-hydrogen) atoms. The quantitative estimate of drug-likeness (QED) is 0.704. The van der Waals surface area contributed by atoms with Crippen LogP contribution in [0.25, 0.3) is 0 Å². The Kier molecular flexibility index (Phi) is 6.86. The van der Waals surface area contributed by atoms with Gasteiger partial charge >= 0.3 is 0 Å². The maximum Gasteiger partial charge on any atom is 0.0700 e. The molecule has 0 fully saturated rings. The molecule has 1 aromatic carbocycles. The standard InChI is InChI=1S/C14H23NO2/c1-12-6-4-5-7-14(12)13(2)15-8-9-17-11-10-16-3/h4-7,13,15H,8-11H2,1-3H3/t13-/m1/s1. The van der Waals surface area contributed by atoms with Crippen molar-refractivity contribution in [3.05, 3.63) is 35.4 Å². The predicted octanol–water partition coefficient (Wildman–Crippen LogP) is 2.31. The van der Waals surface area contributed by atoms with Gasteiger partial charge in [0.2, 0.25) is 0 Å². The van der Waals surface area contributed by atoms with Crippen LogP contribution in [0.15, 0.2) is 24.3 Å². The third-order valence-electron chi connectivity index (χ3n) is 2.78. The van der Waals surface area contributed by atoms with Gasteiger partial charge in [-0.15, -0.1) is 0 Å². The van der Waals surface area contributed by atoms with Gasteiger partial charge in [0, 0.05) is 19.7 Å². The second-order valence-electron chi connectivity index (χ2n) is 4.14. The van der Waals surface area contributed by atoms with E-state index in [1.165, 1.54) is 11.1 Å². The summed E-state index contributed by atoms with van der Waals surface area (Å²) in [7, 11) is 1.68. The zero-order chi connectivity index (χ0) is 12.5. The van der Waals surface area contributed by atoms with Crippen LogP contribution in [0.2, 0.25) is 0 Å². The van der Waals surface area contributed by atoms with E-state index in [0.29, 0.717) is 19.3 Å². The highest BCUT2D eigenvalue weighted by atomic mass is 16.5. The molecule has 0 aliphatic heterocycles. The Labute approximate surface area is 104 Å². The third-order valence-corrected chi connectivity index (χ3v) is 2.78. The average molecular weight is 237 g/mol. The first-order chi connectivity index (χ1) is 8.25. The Morgan fingerprint density at radius 2 is 1.94 bits per heavy atom. The van der Waals surface area contributed by atoms with Crippen LogP contribution in [0.4, 0.5) is 0 Å². The van der Waals surface area contributed by atoms with Gasteiger partial charge in [-0.2, -0.15) is 0 Å². The van der Waals surface area contributed by atoms with Gasteiger partial charge in [-0.1, -0.05) is 24.3 Å². The molecule has 1 N–H and O–H groups in total. The van der Waals surface area contributed by atoms with Crippen molar-refractivity contribution >= 4 is 0 Å². The SMILES string of the molecule is COCCOCCN[C@H](C)c1ccccc1C. The van der Waals surface area contributed by atoms with E-state index in [2.05, 4.69) is 43.4 Å². The Bertz CT molecular complexity index is 315. The van der Waals surface area contributed by atoms with Crippen molar-refractivity contribution in [2.75, 3.05) is 33.5 Å². The minimum atomic E-state index is 0.363. The van der Waals surface area contributed by atoms with Gasteiger partial charge in [0.15, 0.2) is 0 Å². The van der Waals surface area contributed by atoms with Crippen LogP contribution in [0.5, 0.6) is 0 Å². The first kappa shape index (κ1) is 14.2. The van der Waals surface area contributed by atoms with E-state index in [0.717, 1.165) is 13.2 Å². The van der Waals surface area contributed by atoms with Crippen molar-refractivity contribution < 1.29 is 9.47 Å². The molecular weight excluding hydrogens is 214 g/mol. The number of ether oxygens (including phenoxy) is 2. The molecule has 0 spiro atoms. The number of aryl methyl sites for hydroxylation is 1. The fraction of sp³-hybridized carbons (Fsp3) is 0.571. The molecule has 0 saturated carbocycles. The van der Waals surface area contributed by atoms with Gasteiger partial charge in [0.1, 0.15) is 0 Å². The molecule has 0 saturated heterocycles. The number of nitrogens with one attached hydrogen (secondary N) is 1. The molecule has 1 aromatic rings. The molecular formula is C14H23NO2. The van der Waals surface area contributed by atoms with Crippen LogP contribution in [0.1, 0.15) is 24.1 Å². The lowest BCUT2D eigenvalue weighted by Crippen LogP contribution is -2.24. The number of rotatable bonds is 8. The van der Waals surface area contributed by atoms with Crippen molar-refractivity contribution in [2.24, 2.45) is 0 Å². The lowest BCUT2D eigenvalue weighted by molar-refractivity contribution is 0.0712. The highest BCUT2D eigenvalue weighted by Crippen LogP contribution is 2.15. The summed E-state index contributed by atoms with van der Waals surface area (Å²) >= 11 is 0. The van der Waals surface area contributed by atoms with Crippen LogP contribution < -0.4 is 5.32 Å². The fourth-order valence-corrected chi connectivity index (χ4v) is 1.77. The summed E-state index contributed by atoms with van der Waals surface area (Å²) < 4.78 is 10.3. The average Bonchev–Trinajstić information content (AvgIpc) is 2.34. The van der Waals surface area contributed by atoms with E-state index in [1.807, 2.05) is 0 Å². The highest BCUT2D eigenvalue weighted by molar-refractivity contribution is 5.28. The van der Waals surface area contributed by atoms with Crippen molar-refractivity contribution in [1.82, 2.24) is 5.32 Å². The summed E-state index contributed by atoms with van der Waals surface area (Å²) in [5.41, 5.74) is 2.68. The molecule has 3 nitrogen and oxygen atoms in total. The Morgan fingerprint density at radius 3 is 2.65 bits per heavy atom. The van der Waals surface area contributed by atoms with Crippen LogP contribution in [0.3, 0.4) is 0 Å². The smallest absolute Gasteiger partial charge is 0.0700 e. The largest absolute Gasteiger partial charge is 0.382 e. The minimum Gasteiger partial charge on any atom is -0.382 e. The lowest BCUT2D eigenvalue weighted by atomic mass is 10.0. The molecule has 0 aliphatic rings. The van der Waals surface area contributed by atoms with Gasteiger partial charge in [-0.25, -0.2) is 0 Å². The Hall–Kier alpha value is -0.900. The molecule has 96 valence electrons. The number of methoxy groups -OCH3 is 1. The normalized spacial score (nSPS) is 12.6. The maximum atomic E-state index is 5.40. The summed E-state index contributed by atoms with van der Waals surface area (Å²) in [5.74, 6) is 0. The molecule has 0 amide bonds. The van der Waals surface area contributed by atoms with E-state index in [1.54, 1.807) is 7.11 Å². The van der Waals surface area contributed by atoms with Crippen LogP contribution in [0, 0.1) is 6.92 Å². The monoisotopic (exact) mass is 237 g/mol. The summed E-state index contributed by atoms with van der Waals surface area (Å²) in [6, 6.07) is 8.82. The topological polar surface area (TPSA) is 30.5 Å². The van der Waals surface area contributed by atoms with Gasteiger partial charge < -0.3 is 14.8 Å². The van der Waals surface area contributed by atoms with Crippen molar-refractivity contribution in [3.8, 4) is 0 Å². The summed E-state index contributed by atoms with van der Waals surface area (Å²) in [5, 5.41) is 3.45. The molecule has 0 aromatic heterocycles. The number of benzene rings is 1. The number of hydrogen-bond acceptors (Lipinski definition) is 3. The fourth-order valence-electron chi connectivity index (χ4n) is 1.77. The van der Waals surface area contributed by atoms with E-state index in [4.69, 9.17) is 9.47 Å². The minimum absolute atomic E-state index is 0.363. The molecule has 0 heterocycles. The third kappa shape index (κ3) is 5.31. The molecule has 3 heteroatoms. The molecule has 1 atom stereocenters. The summed E-state index contributed by atoms with van der Waals surface area (Å²) in [6.07, 6.45) is 0. The van der Waals surface area contributed by atoms with Gasteiger partial charge in [-0.3, -0.25) is 0 Å². The van der Waals surface area contributed by atoms with Crippen LogP contribution >= 0.6 is 0 Å². The molecule has 0 unspecified atom stereocenters. The summed E-state index contributed by atoms with van der Waals surface area (Å²) in [6.45, 7) is 7.23. The van der Waals surface area contributed by atoms with E-state index >= 15 is 0 Å². The predicted molar refractivity (Wildman–Crippen MR) is 70.3 cm³/mol. The zero-order valence-corrected chi connectivity index (χ0v) is 11.0. The highest BCUT2D eigenvalue weighted by Gasteiger charge is 2.06. The van der Waals surface area contributed by atoms with Crippen molar-refractivity contribution in [2.45, 2.75) is 19.9 Å². The van der Waals surface area contributed by atoms with Gasteiger partial charge in [-0.05, 0) is 25.0 Å². The molecule has 1 rings (SSSR count). The molecule has 0 aliphatic carbocycles. The maximum absolute atomic E-state index is 5.40. The summed E-state index contributed by atoms with van der Waals surface area (Å²) in [4.78, 5) is 0. The van der Waals surface area contributed by atoms with Crippen molar-refractivity contribution in [3.63, 3.8) is 0 Å². The van der Waals surface area contributed by atoms with Gasteiger partial charge in [0.05, 0.1) is 19.8 Å². The Balaban J connectivity index is 2.21. The number of hydrogen-bond donors (Lipinski definition) is 1. The van der Waals surface area contributed by atoms with Crippen LogP contribution in [-0.2, 0) is 9.47 Å². The van der Waals surface area contributed by atoms with Gasteiger partial charge in [0.25, 0.3) is 0 Å². The molecule has 0 radical (unpaired) electrons. The second-order valence-corrected chi connectivity index (χ2v) is 4.14. The second kappa shape index (κ2) is 8.23. The molecule has 0 bridgehead atoms. The first-order valence-electron chi connectivity index (χ1n) is 6.11. The van der Waals surface area contributed by atoms with E-state index in [9.17, 15) is 0 Å². The van der Waals surface area contributed by atoms with E-state index < -0.39 is 0 Å². The first-order valence-corrected chi connectivity index (χ1v) is 6.11. The van der Waals surface area contributed by atoms with Crippen LogP contribution in [-0.4, -0.2) is 33.5 Å². The zero-order valence-electron chi connectivity index (χ0n) is 11.0. The van der Waals surface area contributed by atoms with Crippen molar-refractivity contribution in [1.29, 1.82) is 0 Å². The van der Waals surface area contributed by atoms with E-state index in [-0.39, 0.29) is 0 Å². The Morgan fingerprint density at radius 1 is 1.18 bits per heavy atom.